The van der Waals surface area contributed by atoms with E-state index in [-0.39, 0.29) is 5.91 Å². The van der Waals surface area contributed by atoms with Crippen LogP contribution >= 0.6 is 39.9 Å². The topological polar surface area (TPSA) is 48.0 Å². The quantitative estimate of drug-likeness (QED) is 0.138. The van der Waals surface area contributed by atoms with Crippen molar-refractivity contribution < 1.29 is 19.0 Å². The first-order valence-electron chi connectivity index (χ1n) is 12.5. The number of anilines is 1. The van der Waals surface area contributed by atoms with Gasteiger partial charge in [-0.1, -0.05) is 66.4 Å². The summed E-state index contributed by atoms with van der Waals surface area (Å²) in [5.74, 6) is 1.79. The number of thiocarbonyl (C=S) groups is 1. The van der Waals surface area contributed by atoms with Crippen molar-refractivity contribution in [1.82, 2.24) is 0 Å². The number of hydrogen-bond acceptors (Lipinski definition) is 6. The molecule has 0 bridgehead atoms. The van der Waals surface area contributed by atoms with E-state index in [0.29, 0.717) is 46.2 Å². The van der Waals surface area contributed by atoms with Gasteiger partial charge in [-0.2, -0.15) is 0 Å². The number of ether oxygens (including phenoxy) is 3. The molecular weight excluding hydrogens is 594 g/mol. The smallest absolute Gasteiger partial charge is 0.270 e. The highest BCUT2D eigenvalue weighted by molar-refractivity contribution is 9.10. The van der Waals surface area contributed by atoms with Crippen molar-refractivity contribution in [2.45, 2.75) is 20.5 Å². The summed E-state index contributed by atoms with van der Waals surface area (Å²) >= 11 is 10.5. The average Bonchev–Trinajstić information content (AvgIpc) is 3.21. The lowest BCUT2D eigenvalue weighted by Crippen LogP contribution is -2.27. The molecule has 39 heavy (non-hydrogen) atoms. The van der Waals surface area contributed by atoms with Gasteiger partial charge in [0.2, 0.25) is 0 Å². The van der Waals surface area contributed by atoms with E-state index in [0.717, 1.165) is 26.7 Å². The molecule has 4 aromatic carbocycles. The number of thioether (sulfide) groups is 1. The van der Waals surface area contributed by atoms with Crippen LogP contribution in [0.5, 0.6) is 17.2 Å². The monoisotopic (exact) mass is 619 g/mol. The van der Waals surface area contributed by atoms with Gasteiger partial charge in [0.1, 0.15) is 12.4 Å². The SMILES string of the molecule is CCOc1ccc(N2C(=O)/C(=C\c3cc(Br)c(OCc4cccc5ccccc45)c(OCC)c3)SC2=S)cc1. The molecule has 4 aromatic rings. The third-order valence-electron chi connectivity index (χ3n) is 6.08. The summed E-state index contributed by atoms with van der Waals surface area (Å²) in [7, 11) is 0. The highest BCUT2D eigenvalue weighted by Crippen LogP contribution is 2.41. The van der Waals surface area contributed by atoms with Gasteiger partial charge in [-0.3, -0.25) is 9.69 Å². The Morgan fingerprint density at radius 2 is 1.67 bits per heavy atom. The zero-order chi connectivity index (χ0) is 27.4. The van der Waals surface area contributed by atoms with Crippen LogP contribution in [0.4, 0.5) is 5.69 Å². The van der Waals surface area contributed by atoms with E-state index in [2.05, 4.69) is 40.2 Å². The molecule has 1 fully saturated rings. The van der Waals surface area contributed by atoms with Gasteiger partial charge in [-0.25, -0.2) is 0 Å². The minimum absolute atomic E-state index is 0.167. The first-order valence-corrected chi connectivity index (χ1v) is 14.6. The molecule has 1 heterocycles. The van der Waals surface area contributed by atoms with Crippen molar-refractivity contribution in [3.63, 3.8) is 0 Å². The van der Waals surface area contributed by atoms with Gasteiger partial charge in [0, 0.05) is 0 Å². The van der Waals surface area contributed by atoms with Crippen LogP contribution in [0.3, 0.4) is 0 Å². The van der Waals surface area contributed by atoms with Gasteiger partial charge in [0.15, 0.2) is 15.8 Å². The third kappa shape index (κ3) is 5.98. The molecule has 0 saturated carbocycles. The first kappa shape index (κ1) is 27.2. The molecule has 5 rings (SSSR count). The highest BCUT2D eigenvalue weighted by Gasteiger charge is 2.33. The van der Waals surface area contributed by atoms with Gasteiger partial charge in [-0.15, -0.1) is 0 Å². The maximum Gasteiger partial charge on any atom is 0.270 e. The Kier molecular flexibility index (Phi) is 8.55. The Labute approximate surface area is 245 Å². The number of carbonyl (C=O) groups is 1. The summed E-state index contributed by atoms with van der Waals surface area (Å²) in [4.78, 5) is 15.4. The molecule has 8 heteroatoms. The number of halogens is 1. The number of carbonyl (C=O) groups excluding carboxylic acids is 1. The van der Waals surface area contributed by atoms with Crippen LogP contribution in [0.25, 0.3) is 16.8 Å². The van der Waals surface area contributed by atoms with Gasteiger partial charge in [0.05, 0.1) is 28.3 Å². The normalized spacial score (nSPS) is 14.3. The summed E-state index contributed by atoms with van der Waals surface area (Å²) in [5.41, 5.74) is 2.59. The lowest BCUT2D eigenvalue weighted by atomic mass is 10.1. The second-order valence-electron chi connectivity index (χ2n) is 8.63. The Hall–Kier alpha value is -3.33. The predicted octanol–water partition coefficient (Wildman–Crippen LogP) is 8.38. The van der Waals surface area contributed by atoms with E-state index in [4.69, 9.17) is 26.4 Å². The molecule has 1 aliphatic heterocycles. The van der Waals surface area contributed by atoms with E-state index in [1.807, 2.05) is 74.5 Å². The van der Waals surface area contributed by atoms with Crippen LogP contribution in [0.15, 0.2) is 88.2 Å². The number of benzene rings is 4. The summed E-state index contributed by atoms with van der Waals surface area (Å²) in [6.07, 6.45) is 1.83. The second-order valence-corrected chi connectivity index (χ2v) is 11.2. The number of hydrogen-bond donors (Lipinski definition) is 0. The van der Waals surface area contributed by atoms with Gasteiger partial charge in [0.25, 0.3) is 5.91 Å². The third-order valence-corrected chi connectivity index (χ3v) is 7.97. The Morgan fingerprint density at radius 3 is 2.44 bits per heavy atom. The van der Waals surface area contributed by atoms with Gasteiger partial charge in [-0.05, 0) is 94.2 Å². The fraction of sp³-hybridized carbons (Fsp3) is 0.161. The molecule has 198 valence electrons. The van der Waals surface area contributed by atoms with Crippen LogP contribution < -0.4 is 19.1 Å². The van der Waals surface area contributed by atoms with E-state index in [1.54, 1.807) is 4.90 Å². The lowest BCUT2D eigenvalue weighted by molar-refractivity contribution is -0.113. The highest BCUT2D eigenvalue weighted by atomic mass is 79.9. The maximum absolute atomic E-state index is 13.3. The summed E-state index contributed by atoms with van der Waals surface area (Å²) in [6, 6.07) is 25.6. The van der Waals surface area contributed by atoms with E-state index in [9.17, 15) is 4.79 Å². The van der Waals surface area contributed by atoms with Gasteiger partial charge >= 0.3 is 0 Å². The van der Waals surface area contributed by atoms with Crippen molar-refractivity contribution in [3.05, 3.63) is 99.4 Å². The predicted molar refractivity (Wildman–Crippen MR) is 167 cm³/mol. The standard InChI is InChI=1S/C31H26BrNO4S2/c1-3-35-24-14-12-23(13-15-24)33-30(34)28(39-31(33)38)18-20-16-26(32)29(27(17-20)36-4-2)37-19-22-10-7-9-21-8-5-6-11-25(21)22/h5-18H,3-4,19H2,1-2H3/b28-18+. The van der Waals surface area contributed by atoms with Gasteiger partial charge < -0.3 is 14.2 Å². The van der Waals surface area contributed by atoms with Crippen LogP contribution in [-0.4, -0.2) is 23.4 Å². The fourth-order valence-electron chi connectivity index (χ4n) is 4.34. The molecule has 0 unspecified atom stereocenters. The Bertz CT molecular complexity index is 1560. The van der Waals surface area contributed by atoms with Crippen LogP contribution in [0.1, 0.15) is 25.0 Å². The van der Waals surface area contributed by atoms with E-state index >= 15 is 0 Å². The molecule has 1 amide bonds. The molecule has 0 N–H and O–H groups in total. The summed E-state index contributed by atoms with van der Waals surface area (Å²) < 4.78 is 18.9. The average molecular weight is 621 g/mol. The van der Waals surface area contributed by atoms with Crippen molar-refractivity contribution >= 4 is 72.7 Å². The number of nitrogens with zero attached hydrogens (tertiary/aromatic N) is 1. The summed E-state index contributed by atoms with van der Waals surface area (Å²) in [5, 5.41) is 2.32. The number of amides is 1. The fourth-order valence-corrected chi connectivity index (χ4v) is 6.22. The molecule has 1 saturated heterocycles. The number of rotatable bonds is 9. The molecule has 0 aliphatic carbocycles. The summed E-state index contributed by atoms with van der Waals surface area (Å²) in [6.45, 7) is 5.30. The van der Waals surface area contributed by atoms with Crippen LogP contribution in [-0.2, 0) is 11.4 Å². The van der Waals surface area contributed by atoms with Crippen LogP contribution in [0.2, 0.25) is 0 Å². The van der Waals surface area contributed by atoms with Crippen LogP contribution in [0, 0.1) is 0 Å². The number of fused-ring (bicyclic) bond motifs is 1. The van der Waals surface area contributed by atoms with Crippen molar-refractivity contribution in [3.8, 4) is 17.2 Å². The molecule has 1 aliphatic rings. The van der Waals surface area contributed by atoms with E-state index in [1.165, 1.54) is 17.1 Å². The molecule has 0 atom stereocenters. The van der Waals surface area contributed by atoms with Crippen molar-refractivity contribution in [2.24, 2.45) is 0 Å². The first-order chi connectivity index (χ1) is 19.0. The van der Waals surface area contributed by atoms with E-state index < -0.39 is 0 Å². The largest absolute Gasteiger partial charge is 0.494 e. The molecule has 0 spiro atoms. The van der Waals surface area contributed by atoms with Crippen molar-refractivity contribution in [1.29, 1.82) is 0 Å². The second kappa shape index (κ2) is 12.2. The van der Waals surface area contributed by atoms with Crippen molar-refractivity contribution in [2.75, 3.05) is 18.1 Å². The molecule has 0 aromatic heterocycles. The molecule has 5 nitrogen and oxygen atoms in total. The zero-order valence-electron chi connectivity index (χ0n) is 21.5. The zero-order valence-corrected chi connectivity index (χ0v) is 24.7. The molecular formula is C31H26BrNO4S2. The Morgan fingerprint density at radius 1 is 0.923 bits per heavy atom. The molecule has 0 radical (unpaired) electrons. The lowest BCUT2D eigenvalue weighted by Gasteiger charge is -2.16. The maximum atomic E-state index is 13.3. The minimum Gasteiger partial charge on any atom is -0.494 e. The minimum atomic E-state index is -0.167. The Balaban J connectivity index is 1.39.